The molecule has 0 saturated carbocycles. The number of carbonyl (C=O) groups is 1. The van der Waals surface area contributed by atoms with Crippen LogP contribution in [0.2, 0.25) is 0 Å². The summed E-state index contributed by atoms with van der Waals surface area (Å²) in [6.45, 7) is 6.81. The summed E-state index contributed by atoms with van der Waals surface area (Å²) in [6, 6.07) is -0.112. The predicted octanol–water partition coefficient (Wildman–Crippen LogP) is 1.14. The molecule has 1 N–H and O–H groups in total. The molecule has 0 aliphatic carbocycles. The Bertz CT molecular complexity index is 228. The molecule has 0 aromatic heterocycles. The summed E-state index contributed by atoms with van der Waals surface area (Å²) in [5.41, 5.74) is 0. The summed E-state index contributed by atoms with van der Waals surface area (Å²) in [6.07, 6.45) is 0.943. The largest absolute Gasteiger partial charge is 0.350 e. The molecule has 1 aliphatic rings. The van der Waals surface area contributed by atoms with Gasteiger partial charge in [0.05, 0.1) is 0 Å². The van der Waals surface area contributed by atoms with E-state index in [1.165, 1.54) is 0 Å². The van der Waals surface area contributed by atoms with E-state index >= 15 is 0 Å². The Morgan fingerprint density at radius 1 is 1.62 bits per heavy atom. The molecule has 1 atom stereocenters. The van der Waals surface area contributed by atoms with Gasteiger partial charge in [-0.05, 0) is 24.6 Å². The van der Waals surface area contributed by atoms with E-state index in [1.807, 2.05) is 20.8 Å². The molecule has 1 heterocycles. The standard InChI is InChI=1S/C9H16N2OS/c1-4-5-11-8(12)7(6(2)3)10-9(11)13/h6-7H,4-5H2,1-3H3,(H,10,13). The molecule has 0 aromatic carbocycles. The fourth-order valence-electron chi connectivity index (χ4n) is 1.43. The van der Waals surface area contributed by atoms with Gasteiger partial charge >= 0.3 is 0 Å². The number of nitrogens with one attached hydrogen (secondary N) is 1. The second-order valence-electron chi connectivity index (χ2n) is 3.66. The second-order valence-corrected chi connectivity index (χ2v) is 4.05. The first-order chi connectivity index (χ1) is 6.07. The third-order valence-corrected chi connectivity index (χ3v) is 2.51. The van der Waals surface area contributed by atoms with Crippen molar-refractivity contribution in [3.8, 4) is 0 Å². The van der Waals surface area contributed by atoms with Gasteiger partial charge in [0.1, 0.15) is 6.04 Å². The highest BCUT2D eigenvalue weighted by Crippen LogP contribution is 2.13. The monoisotopic (exact) mass is 200 g/mol. The minimum Gasteiger partial charge on any atom is -0.350 e. The Morgan fingerprint density at radius 3 is 2.62 bits per heavy atom. The lowest BCUT2D eigenvalue weighted by Gasteiger charge is -2.14. The normalized spacial score (nSPS) is 22.8. The maximum Gasteiger partial charge on any atom is 0.251 e. The molecule has 0 bridgehead atoms. The average molecular weight is 200 g/mol. The van der Waals surface area contributed by atoms with Crippen molar-refractivity contribution in [2.24, 2.45) is 5.92 Å². The van der Waals surface area contributed by atoms with Gasteiger partial charge in [-0.2, -0.15) is 0 Å². The van der Waals surface area contributed by atoms with Gasteiger partial charge in [-0.25, -0.2) is 0 Å². The van der Waals surface area contributed by atoms with Crippen LogP contribution in [0.1, 0.15) is 27.2 Å². The fourth-order valence-corrected chi connectivity index (χ4v) is 1.74. The number of rotatable bonds is 3. The molecule has 1 saturated heterocycles. The van der Waals surface area contributed by atoms with Crippen molar-refractivity contribution in [1.29, 1.82) is 0 Å². The molecule has 1 unspecified atom stereocenters. The minimum atomic E-state index is -0.112. The first-order valence-corrected chi connectivity index (χ1v) is 5.10. The Hall–Kier alpha value is -0.640. The molecule has 13 heavy (non-hydrogen) atoms. The highest BCUT2D eigenvalue weighted by atomic mass is 32.1. The summed E-state index contributed by atoms with van der Waals surface area (Å²) >= 11 is 5.07. The Balaban J connectivity index is 2.69. The van der Waals surface area contributed by atoms with Gasteiger partial charge in [0, 0.05) is 6.54 Å². The van der Waals surface area contributed by atoms with E-state index in [2.05, 4.69) is 5.32 Å². The van der Waals surface area contributed by atoms with Crippen molar-refractivity contribution in [2.45, 2.75) is 33.2 Å². The Labute approximate surface area is 84.5 Å². The van der Waals surface area contributed by atoms with Crippen LogP contribution in [0.25, 0.3) is 0 Å². The fraction of sp³-hybridized carbons (Fsp3) is 0.778. The first-order valence-electron chi connectivity index (χ1n) is 4.69. The van der Waals surface area contributed by atoms with E-state index in [9.17, 15) is 4.79 Å². The van der Waals surface area contributed by atoms with Crippen LogP contribution in [0.4, 0.5) is 0 Å². The zero-order valence-corrected chi connectivity index (χ0v) is 9.15. The molecule has 0 spiro atoms. The number of thiocarbonyl (C=S) groups is 1. The molecule has 4 heteroatoms. The van der Waals surface area contributed by atoms with E-state index < -0.39 is 0 Å². The number of hydrogen-bond acceptors (Lipinski definition) is 2. The molecular formula is C9H16N2OS. The van der Waals surface area contributed by atoms with Crippen LogP contribution in [0.5, 0.6) is 0 Å². The van der Waals surface area contributed by atoms with E-state index in [4.69, 9.17) is 12.2 Å². The van der Waals surface area contributed by atoms with Crippen molar-refractivity contribution in [3.63, 3.8) is 0 Å². The molecule has 0 radical (unpaired) electrons. The zero-order chi connectivity index (χ0) is 10.0. The van der Waals surface area contributed by atoms with E-state index in [1.54, 1.807) is 4.90 Å². The van der Waals surface area contributed by atoms with Crippen LogP contribution in [-0.2, 0) is 4.79 Å². The van der Waals surface area contributed by atoms with Crippen LogP contribution >= 0.6 is 12.2 Å². The maximum absolute atomic E-state index is 11.7. The number of hydrogen-bond donors (Lipinski definition) is 1. The lowest BCUT2D eigenvalue weighted by Crippen LogP contribution is -2.34. The predicted molar refractivity (Wildman–Crippen MR) is 56.4 cm³/mol. The molecule has 0 aromatic rings. The van der Waals surface area contributed by atoms with E-state index in [0.29, 0.717) is 11.0 Å². The number of amides is 1. The van der Waals surface area contributed by atoms with Gasteiger partial charge in [-0.15, -0.1) is 0 Å². The third kappa shape index (κ3) is 1.99. The van der Waals surface area contributed by atoms with Crippen LogP contribution in [0.3, 0.4) is 0 Å². The summed E-state index contributed by atoms with van der Waals surface area (Å²) in [5.74, 6) is 0.425. The average Bonchev–Trinajstić information content (AvgIpc) is 2.32. The topological polar surface area (TPSA) is 32.3 Å². The molecular weight excluding hydrogens is 184 g/mol. The SMILES string of the molecule is CCCN1C(=O)C(C(C)C)NC1=S. The first kappa shape index (κ1) is 10.4. The summed E-state index contributed by atoms with van der Waals surface area (Å²) in [4.78, 5) is 13.4. The second kappa shape index (κ2) is 4.05. The van der Waals surface area contributed by atoms with Crippen LogP contribution in [-0.4, -0.2) is 28.5 Å². The zero-order valence-electron chi connectivity index (χ0n) is 8.33. The lowest BCUT2D eigenvalue weighted by atomic mass is 10.1. The van der Waals surface area contributed by atoms with Gasteiger partial charge in [0.2, 0.25) is 0 Å². The molecule has 1 fully saturated rings. The molecule has 1 amide bonds. The maximum atomic E-state index is 11.7. The number of nitrogens with zero attached hydrogens (tertiary/aromatic N) is 1. The van der Waals surface area contributed by atoms with Gasteiger partial charge in [0.15, 0.2) is 5.11 Å². The molecule has 3 nitrogen and oxygen atoms in total. The summed E-state index contributed by atoms with van der Waals surface area (Å²) < 4.78 is 0. The van der Waals surface area contributed by atoms with Crippen LogP contribution in [0, 0.1) is 5.92 Å². The van der Waals surface area contributed by atoms with Gasteiger partial charge < -0.3 is 5.32 Å². The third-order valence-electron chi connectivity index (χ3n) is 2.17. The van der Waals surface area contributed by atoms with Gasteiger partial charge in [-0.1, -0.05) is 20.8 Å². The number of carbonyl (C=O) groups excluding carboxylic acids is 1. The highest BCUT2D eigenvalue weighted by molar-refractivity contribution is 7.80. The van der Waals surface area contributed by atoms with Crippen LogP contribution < -0.4 is 5.32 Å². The quantitative estimate of drug-likeness (QED) is 0.693. The van der Waals surface area contributed by atoms with Gasteiger partial charge in [-0.3, -0.25) is 9.69 Å². The highest BCUT2D eigenvalue weighted by Gasteiger charge is 2.36. The minimum absolute atomic E-state index is 0.112. The van der Waals surface area contributed by atoms with E-state index in [0.717, 1.165) is 13.0 Å². The summed E-state index contributed by atoms with van der Waals surface area (Å²) in [7, 11) is 0. The summed E-state index contributed by atoms with van der Waals surface area (Å²) in [5, 5.41) is 3.63. The Morgan fingerprint density at radius 2 is 2.23 bits per heavy atom. The smallest absolute Gasteiger partial charge is 0.251 e. The Kier molecular flexibility index (Phi) is 3.25. The molecule has 1 aliphatic heterocycles. The van der Waals surface area contributed by atoms with Crippen molar-refractivity contribution in [1.82, 2.24) is 10.2 Å². The lowest BCUT2D eigenvalue weighted by molar-refractivity contribution is -0.127. The van der Waals surface area contributed by atoms with Crippen molar-refractivity contribution in [3.05, 3.63) is 0 Å². The van der Waals surface area contributed by atoms with Gasteiger partial charge in [0.25, 0.3) is 5.91 Å². The van der Waals surface area contributed by atoms with Crippen molar-refractivity contribution < 1.29 is 4.79 Å². The van der Waals surface area contributed by atoms with Crippen molar-refractivity contribution >= 4 is 23.2 Å². The molecule has 1 rings (SSSR count). The van der Waals surface area contributed by atoms with E-state index in [-0.39, 0.29) is 11.9 Å². The van der Waals surface area contributed by atoms with Crippen LogP contribution in [0.15, 0.2) is 0 Å². The van der Waals surface area contributed by atoms with Crippen molar-refractivity contribution in [2.75, 3.05) is 6.54 Å². The molecule has 74 valence electrons.